The molecule has 0 saturated carbocycles. The third kappa shape index (κ3) is 4.44. The average Bonchev–Trinajstić information content (AvgIpc) is 3.11. The molecule has 0 spiro atoms. The monoisotopic (exact) mass is 439 g/mol. The zero-order valence-corrected chi connectivity index (χ0v) is 18.9. The number of hydrogen-bond acceptors (Lipinski definition) is 6. The van der Waals surface area contributed by atoms with E-state index in [2.05, 4.69) is 15.7 Å². The van der Waals surface area contributed by atoms with E-state index in [0.717, 1.165) is 11.1 Å². The van der Waals surface area contributed by atoms with E-state index in [1.54, 1.807) is 40.0 Å². The fourth-order valence-electron chi connectivity index (χ4n) is 3.59. The molecule has 1 aromatic carbocycles. The highest BCUT2D eigenvalue weighted by Crippen LogP contribution is 2.33. The molecule has 2 unspecified atom stereocenters. The van der Waals surface area contributed by atoms with E-state index in [-0.39, 0.29) is 11.9 Å². The minimum absolute atomic E-state index is 0.128. The summed E-state index contributed by atoms with van der Waals surface area (Å²) in [4.78, 5) is 25.2. The van der Waals surface area contributed by atoms with E-state index in [0.29, 0.717) is 41.2 Å². The van der Waals surface area contributed by atoms with E-state index in [1.807, 2.05) is 40.9 Å². The minimum Gasteiger partial charge on any atom is -0.455 e. The Hall–Kier alpha value is -3.43. The van der Waals surface area contributed by atoms with Gasteiger partial charge in [0.15, 0.2) is 5.75 Å². The van der Waals surface area contributed by atoms with Crippen molar-refractivity contribution in [2.45, 2.75) is 32.9 Å². The quantitative estimate of drug-likeness (QED) is 0.527. The molecule has 1 saturated heterocycles. The molecule has 1 aliphatic rings. The van der Waals surface area contributed by atoms with Crippen molar-refractivity contribution < 1.29 is 19.4 Å². The molecule has 1 fully saturated rings. The molecule has 0 bridgehead atoms. The maximum absolute atomic E-state index is 12.9. The summed E-state index contributed by atoms with van der Waals surface area (Å²) in [7, 11) is 3.75. The Kier molecular flexibility index (Phi) is 7.12. The molecule has 2 amide bonds. The van der Waals surface area contributed by atoms with Crippen LogP contribution in [0.1, 0.15) is 28.4 Å². The lowest BCUT2D eigenvalue weighted by Crippen LogP contribution is -2.60. The number of ether oxygens (including phenoxy) is 1. The molecule has 0 aliphatic carbocycles. The number of amides is 2. The predicted molar refractivity (Wildman–Crippen MR) is 122 cm³/mol. The van der Waals surface area contributed by atoms with Crippen molar-refractivity contribution in [3.8, 4) is 11.5 Å². The third-order valence-electron chi connectivity index (χ3n) is 5.45. The summed E-state index contributed by atoms with van der Waals surface area (Å²) in [6.45, 7) is 5.90. The Morgan fingerprint density at radius 3 is 2.59 bits per heavy atom. The summed E-state index contributed by atoms with van der Waals surface area (Å²) in [5, 5.41) is 19.4. The number of carbonyl (C=O) groups excluding carboxylic acids is 2. The molecule has 1 aliphatic heterocycles. The molecule has 32 heavy (non-hydrogen) atoms. The summed E-state index contributed by atoms with van der Waals surface area (Å²) in [5.41, 5.74) is 3.59. The first-order valence-corrected chi connectivity index (χ1v) is 10.4. The highest BCUT2D eigenvalue weighted by molar-refractivity contribution is 5.99. The van der Waals surface area contributed by atoms with Crippen LogP contribution in [0.15, 0.2) is 36.7 Å². The molecule has 2 aromatic heterocycles. The second kappa shape index (κ2) is 9.80. The standard InChI is InChI=1S/C21H22N4O4.C2H7N/c1-12-8-15(4-5-17(12)22-11-26)29-19-6-7-23-25-9-16(13(2)20(19)25)21(28)24-10-18(27)14(24)3;1-3-2/h4-9,11,14,18,27H,10H2,1-3H3,(H,22,26);3H,1-2H3. The van der Waals surface area contributed by atoms with E-state index in [4.69, 9.17) is 4.74 Å². The van der Waals surface area contributed by atoms with Crippen LogP contribution in [0, 0.1) is 13.8 Å². The number of aromatic nitrogens is 2. The second-order valence-electron chi connectivity index (χ2n) is 7.76. The van der Waals surface area contributed by atoms with Crippen LogP contribution in [0.5, 0.6) is 11.5 Å². The minimum atomic E-state index is -0.478. The van der Waals surface area contributed by atoms with Crippen LogP contribution in [0.25, 0.3) is 5.52 Å². The zero-order valence-electron chi connectivity index (χ0n) is 18.9. The number of aliphatic hydroxyl groups is 1. The van der Waals surface area contributed by atoms with Crippen molar-refractivity contribution in [3.05, 3.63) is 53.3 Å². The Morgan fingerprint density at radius 1 is 1.28 bits per heavy atom. The van der Waals surface area contributed by atoms with Crippen LogP contribution in [-0.4, -0.2) is 64.7 Å². The van der Waals surface area contributed by atoms with Gasteiger partial charge in [0.05, 0.1) is 23.9 Å². The van der Waals surface area contributed by atoms with Crippen molar-refractivity contribution in [1.82, 2.24) is 19.8 Å². The molecule has 2 atom stereocenters. The number of nitrogens with zero attached hydrogens (tertiary/aromatic N) is 3. The van der Waals surface area contributed by atoms with Crippen molar-refractivity contribution >= 4 is 23.5 Å². The molecule has 9 heteroatoms. The number of aryl methyl sites for hydroxylation is 2. The highest BCUT2D eigenvalue weighted by Gasteiger charge is 2.38. The van der Waals surface area contributed by atoms with E-state index in [9.17, 15) is 14.7 Å². The first-order chi connectivity index (χ1) is 15.3. The topological polar surface area (TPSA) is 108 Å². The van der Waals surface area contributed by atoms with Crippen molar-refractivity contribution in [3.63, 3.8) is 0 Å². The van der Waals surface area contributed by atoms with Gasteiger partial charge in [-0.25, -0.2) is 4.52 Å². The number of anilines is 1. The molecule has 0 radical (unpaired) electrons. The van der Waals surface area contributed by atoms with Crippen LogP contribution >= 0.6 is 0 Å². The van der Waals surface area contributed by atoms with Gasteiger partial charge < -0.3 is 25.4 Å². The smallest absolute Gasteiger partial charge is 0.256 e. The van der Waals surface area contributed by atoms with E-state index < -0.39 is 6.10 Å². The first kappa shape index (κ1) is 23.2. The number of rotatable bonds is 5. The van der Waals surface area contributed by atoms with Gasteiger partial charge in [-0.05, 0) is 64.2 Å². The molecule has 3 aromatic rings. The van der Waals surface area contributed by atoms with Gasteiger partial charge in [-0.2, -0.15) is 5.10 Å². The lowest BCUT2D eigenvalue weighted by Gasteiger charge is -2.43. The maximum atomic E-state index is 12.9. The second-order valence-corrected chi connectivity index (χ2v) is 7.76. The molecule has 9 nitrogen and oxygen atoms in total. The number of benzene rings is 1. The van der Waals surface area contributed by atoms with Crippen molar-refractivity contribution in [2.75, 3.05) is 26.0 Å². The van der Waals surface area contributed by atoms with Gasteiger partial charge in [-0.1, -0.05) is 0 Å². The van der Waals surface area contributed by atoms with Gasteiger partial charge in [0, 0.05) is 24.5 Å². The molecular formula is C23H29N5O4. The van der Waals surface area contributed by atoms with Crippen LogP contribution in [0.2, 0.25) is 0 Å². The number of carbonyl (C=O) groups is 2. The first-order valence-electron chi connectivity index (χ1n) is 10.4. The van der Waals surface area contributed by atoms with Gasteiger partial charge in [0.2, 0.25) is 6.41 Å². The summed E-state index contributed by atoms with van der Waals surface area (Å²) in [5.74, 6) is 1.06. The van der Waals surface area contributed by atoms with Crippen LogP contribution in [0.3, 0.4) is 0 Å². The van der Waals surface area contributed by atoms with Crippen LogP contribution in [0.4, 0.5) is 5.69 Å². The third-order valence-corrected chi connectivity index (χ3v) is 5.45. The number of likely N-dealkylation sites (tertiary alicyclic amines) is 1. The molecule has 3 N–H and O–H groups in total. The normalized spacial score (nSPS) is 17.2. The molecule has 170 valence electrons. The van der Waals surface area contributed by atoms with Gasteiger partial charge in [-0.15, -0.1) is 0 Å². The summed E-state index contributed by atoms with van der Waals surface area (Å²) in [6, 6.07) is 6.92. The van der Waals surface area contributed by atoms with Gasteiger partial charge >= 0.3 is 0 Å². The van der Waals surface area contributed by atoms with Crippen molar-refractivity contribution in [1.29, 1.82) is 0 Å². The Balaban J connectivity index is 0.000000913. The average molecular weight is 440 g/mol. The number of aliphatic hydroxyl groups excluding tert-OH is 1. The zero-order chi connectivity index (χ0) is 23.4. The van der Waals surface area contributed by atoms with Gasteiger partial charge in [0.1, 0.15) is 11.3 Å². The fraction of sp³-hybridized carbons (Fsp3) is 0.348. The number of fused-ring (bicyclic) bond motifs is 1. The molecule has 3 heterocycles. The highest BCUT2D eigenvalue weighted by atomic mass is 16.5. The Morgan fingerprint density at radius 2 is 2.00 bits per heavy atom. The van der Waals surface area contributed by atoms with Crippen LogP contribution < -0.4 is 15.4 Å². The fourth-order valence-corrected chi connectivity index (χ4v) is 3.59. The number of hydrogen-bond donors (Lipinski definition) is 3. The lowest BCUT2D eigenvalue weighted by atomic mass is 9.99. The van der Waals surface area contributed by atoms with E-state index >= 15 is 0 Å². The SMILES string of the molecule is CNC.Cc1cc(Oc2ccnn3cc(C(=O)N4CC(O)C4C)c(C)c23)ccc1NC=O. The summed E-state index contributed by atoms with van der Waals surface area (Å²) >= 11 is 0. The van der Waals surface area contributed by atoms with E-state index in [1.165, 1.54) is 0 Å². The Bertz CT molecular complexity index is 1130. The van der Waals surface area contributed by atoms with Crippen molar-refractivity contribution in [2.24, 2.45) is 0 Å². The summed E-state index contributed by atoms with van der Waals surface area (Å²) < 4.78 is 7.71. The van der Waals surface area contributed by atoms with Crippen LogP contribution in [-0.2, 0) is 4.79 Å². The molecule has 4 rings (SSSR count). The lowest BCUT2D eigenvalue weighted by molar-refractivity contribution is -0.105. The number of β-amino-alcohol motifs (C(OH)–C–C–N with tert-alkyl or cyclic N) is 1. The largest absolute Gasteiger partial charge is 0.455 e. The van der Waals surface area contributed by atoms with Gasteiger partial charge in [-0.3, -0.25) is 9.59 Å². The number of nitrogens with one attached hydrogen (secondary N) is 2. The molecular weight excluding hydrogens is 410 g/mol. The maximum Gasteiger partial charge on any atom is 0.256 e. The summed E-state index contributed by atoms with van der Waals surface area (Å²) in [6.07, 6.45) is 3.46. The van der Waals surface area contributed by atoms with Gasteiger partial charge in [0.25, 0.3) is 5.91 Å². The predicted octanol–water partition coefficient (Wildman–Crippen LogP) is 2.35. The Labute approximate surface area is 187 Å².